The third-order valence-electron chi connectivity index (χ3n) is 1.33. The summed E-state index contributed by atoms with van der Waals surface area (Å²) in [7, 11) is 0. The number of thioether (sulfide) groups is 1. The molecule has 1 rings (SSSR count). The molecule has 76 valence electrons. The van der Waals surface area contributed by atoms with E-state index in [2.05, 4.69) is 0 Å². The van der Waals surface area contributed by atoms with Crippen LogP contribution >= 0.6 is 35.0 Å². The van der Waals surface area contributed by atoms with Crippen molar-refractivity contribution in [1.82, 2.24) is 0 Å². The number of carbonyl (C=O) groups is 1. The second kappa shape index (κ2) is 7.01. The van der Waals surface area contributed by atoms with E-state index in [4.69, 9.17) is 28.3 Å². The van der Waals surface area contributed by atoms with Crippen LogP contribution in [0.3, 0.4) is 0 Å². The molecule has 0 saturated heterocycles. The van der Waals surface area contributed by atoms with Gasteiger partial charge in [-0.25, -0.2) is 0 Å². The summed E-state index contributed by atoms with van der Waals surface area (Å²) in [6, 6.07) is 4.56. The molecule has 0 bridgehead atoms. The van der Waals surface area contributed by atoms with E-state index < -0.39 is 11.4 Å². The molecule has 1 atom stereocenters. The van der Waals surface area contributed by atoms with E-state index in [-0.39, 0.29) is 29.6 Å². The van der Waals surface area contributed by atoms with Gasteiger partial charge in [-0.05, 0) is 18.2 Å². The quantitative estimate of drug-likeness (QED) is 0.400. The first kappa shape index (κ1) is 15.6. The van der Waals surface area contributed by atoms with Gasteiger partial charge in [-0.1, -0.05) is 35.0 Å². The summed E-state index contributed by atoms with van der Waals surface area (Å²) >= 11 is 12.1. The van der Waals surface area contributed by atoms with Crippen molar-refractivity contribution in [3.05, 3.63) is 28.2 Å². The number of carboxylic acid groups (broad SMARTS) is 1. The maximum absolute atomic E-state index is 10.2. The summed E-state index contributed by atoms with van der Waals surface area (Å²) in [4.78, 5) is 10.6. The number of aliphatic carboxylic acids is 1. The molecule has 0 saturated carbocycles. The number of rotatable bonds is 3. The number of benzene rings is 1. The third-order valence-corrected chi connectivity index (χ3v) is 3.02. The fourth-order valence-electron chi connectivity index (χ4n) is 0.736. The van der Waals surface area contributed by atoms with Crippen LogP contribution in [0.1, 0.15) is 0 Å². The van der Waals surface area contributed by atoms with Crippen LogP contribution in [0.5, 0.6) is 0 Å². The molecule has 7 heteroatoms. The molecule has 0 heterocycles. The van der Waals surface area contributed by atoms with Crippen molar-refractivity contribution in [2.75, 3.05) is 0 Å². The number of halogens is 2. The van der Waals surface area contributed by atoms with Crippen LogP contribution in [-0.2, 0) is 4.79 Å². The topological polar surface area (TPSA) is 60.4 Å². The van der Waals surface area contributed by atoms with Crippen molar-refractivity contribution in [2.45, 2.75) is 10.3 Å². The Morgan fingerprint density at radius 1 is 1.47 bits per heavy atom. The van der Waals surface area contributed by atoms with Gasteiger partial charge in [0.2, 0.25) is 0 Å². The maximum Gasteiger partial charge on any atom is 1.00 e. The van der Waals surface area contributed by atoms with Gasteiger partial charge >= 0.3 is 29.6 Å². The molecule has 0 aliphatic heterocycles. The van der Waals surface area contributed by atoms with E-state index in [1.165, 1.54) is 12.1 Å². The van der Waals surface area contributed by atoms with E-state index in [1.807, 2.05) is 0 Å². The average Bonchev–Trinajstić information content (AvgIpc) is 2.11. The molecule has 0 spiro atoms. The van der Waals surface area contributed by atoms with Gasteiger partial charge in [0.25, 0.3) is 0 Å². The van der Waals surface area contributed by atoms with Gasteiger partial charge in [-0.15, -0.1) is 0 Å². The van der Waals surface area contributed by atoms with Crippen molar-refractivity contribution < 1.29 is 44.6 Å². The molecule has 1 aromatic rings. The largest absolute Gasteiger partial charge is 1.00 e. The molecule has 0 fully saturated rings. The Hall–Kier alpha value is 0.580. The van der Waals surface area contributed by atoms with Crippen LogP contribution in [0.15, 0.2) is 23.1 Å². The molecule has 0 amide bonds. The number of carboxylic acids is 1. The van der Waals surface area contributed by atoms with Crippen molar-refractivity contribution in [3.8, 4) is 0 Å². The molecule has 0 radical (unpaired) electrons. The Kier molecular flexibility index (Phi) is 7.28. The van der Waals surface area contributed by atoms with Crippen LogP contribution in [-0.4, -0.2) is 16.5 Å². The number of hydrogen-bond acceptors (Lipinski definition) is 4. The van der Waals surface area contributed by atoms with Crippen LogP contribution < -0.4 is 34.7 Å². The summed E-state index contributed by atoms with van der Waals surface area (Å²) in [6.45, 7) is 0. The third kappa shape index (κ3) is 4.95. The van der Waals surface area contributed by atoms with Gasteiger partial charge < -0.3 is 15.0 Å². The fourth-order valence-corrected chi connectivity index (χ4v) is 1.94. The molecule has 0 aromatic heterocycles. The van der Waals surface area contributed by atoms with Gasteiger partial charge in [-0.2, -0.15) is 0 Å². The van der Waals surface area contributed by atoms with Crippen molar-refractivity contribution in [3.63, 3.8) is 0 Å². The molecular formula is C8H5Cl2NaO3S. The van der Waals surface area contributed by atoms with Gasteiger partial charge in [0.05, 0.1) is 11.0 Å². The zero-order valence-electron chi connectivity index (χ0n) is 7.74. The molecule has 1 N–H and O–H groups in total. The van der Waals surface area contributed by atoms with Crippen molar-refractivity contribution >= 4 is 40.9 Å². The number of aliphatic hydroxyl groups excluding tert-OH is 1. The van der Waals surface area contributed by atoms with Crippen LogP contribution in [0.25, 0.3) is 0 Å². The Balaban J connectivity index is 0.00000196. The number of aliphatic hydroxyl groups is 1. The Bertz CT molecular complexity index is 362. The molecular weight excluding hydrogens is 270 g/mol. The SMILES string of the molecule is O=C([O-])C(O)Sc1cc(Cl)ccc1Cl.[Na+]. The zero-order chi connectivity index (χ0) is 10.7. The Morgan fingerprint density at radius 3 is 2.60 bits per heavy atom. The summed E-state index contributed by atoms with van der Waals surface area (Å²) in [5, 5.41) is 20.0. The van der Waals surface area contributed by atoms with E-state index in [1.54, 1.807) is 6.07 Å². The van der Waals surface area contributed by atoms with E-state index >= 15 is 0 Å². The zero-order valence-corrected chi connectivity index (χ0v) is 12.1. The van der Waals surface area contributed by atoms with Crippen LogP contribution in [0.4, 0.5) is 0 Å². The van der Waals surface area contributed by atoms with Crippen LogP contribution in [0.2, 0.25) is 10.0 Å². The molecule has 1 aromatic carbocycles. The molecule has 0 aliphatic rings. The first-order chi connectivity index (χ1) is 6.50. The first-order valence-corrected chi connectivity index (χ1v) is 5.15. The number of hydrogen-bond donors (Lipinski definition) is 1. The predicted octanol–water partition coefficient (Wildman–Crippen LogP) is -1.84. The minimum atomic E-state index is -1.65. The summed E-state index contributed by atoms with van der Waals surface area (Å²) in [5.74, 6) is -1.56. The molecule has 1 unspecified atom stereocenters. The van der Waals surface area contributed by atoms with Gasteiger partial charge in [0.15, 0.2) is 0 Å². The second-order valence-corrected chi connectivity index (χ2v) is 4.33. The summed E-state index contributed by atoms with van der Waals surface area (Å²) in [6.07, 6.45) is 0. The maximum atomic E-state index is 10.2. The minimum absolute atomic E-state index is 0. The Labute approximate surface area is 123 Å². The minimum Gasteiger partial charge on any atom is -0.546 e. The molecule has 15 heavy (non-hydrogen) atoms. The van der Waals surface area contributed by atoms with Crippen molar-refractivity contribution in [1.29, 1.82) is 0 Å². The molecule has 3 nitrogen and oxygen atoms in total. The monoisotopic (exact) mass is 274 g/mol. The van der Waals surface area contributed by atoms with Crippen molar-refractivity contribution in [2.24, 2.45) is 0 Å². The van der Waals surface area contributed by atoms with Gasteiger partial charge in [0.1, 0.15) is 5.44 Å². The second-order valence-electron chi connectivity index (χ2n) is 2.36. The normalized spacial score (nSPS) is 11.7. The summed E-state index contributed by atoms with van der Waals surface area (Å²) < 4.78 is 0. The summed E-state index contributed by atoms with van der Waals surface area (Å²) in [5.41, 5.74) is -1.65. The van der Waals surface area contributed by atoms with E-state index in [0.29, 0.717) is 26.7 Å². The Morgan fingerprint density at radius 2 is 2.07 bits per heavy atom. The smallest absolute Gasteiger partial charge is 0.546 e. The standard InChI is InChI=1S/C8H6Cl2O3S.Na/c9-4-1-2-5(10)6(3-4)14-8(13)7(11)12;/h1-3,8,13H,(H,11,12);/q;+1/p-1. The average molecular weight is 275 g/mol. The predicted molar refractivity (Wildman–Crippen MR) is 53.3 cm³/mol. The first-order valence-electron chi connectivity index (χ1n) is 3.51. The van der Waals surface area contributed by atoms with Gasteiger partial charge in [-0.3, -0.25) is 0 Å². The van der Waals surface area contributed by atoms with E-state index in [9.17, 15) is 9.90 Å². The van der Waals surface area contributed by atoms with E-state index in [0.717, 1.165) is 0 Å². The van der Waals surface area contributed by atoms with Gasteiger partial charge in [0, 0.05) is 9.92 Å². The molecule has 0 aliphatic carbocycles. The fraction of sp³-hybridized carbons (Fsp3) is 0.125. The number of carbonyl (C=O) groups excluding carboxylic acids is 1. The van der Waals surface area contributed by atoms with Crippen LogP contribution in [0, 0.1) is 0 Å².